The number of likely N-dealkylation sites (tertiary alicyclic amines) is 1. The largest absolute Gasteiger partial charge is 0.507 e. The number of carbonyl (C=O) groups excluding carboxylic acids is 2. The summed E-state index contributed by atoms with van der Waals surface area (Å²) < 4.78 is 22.0. The fraction of sp³-hybridized carbons (Fsp3) is 0.407. The molecule has 1 amide bonds. The Hall–Kier alpha value is -3.52. The smallest absolute Gasteiger partial charge is 0.295 e. The molecule has 2 aromatic rings. The van der Waals surface area contributed by atoms with Crippen LogP contribution in [0.4, 0.5) is 0 Å². The van der Waals surface area contributed by atoms with Crippen molar-refractivity contribution in [2.75, 3.05) is 34.0 Å². The van der Waals surface area contributed by atoms with Crippen molar-refractivity contribution >= 4 is 17.4 Å². The lowest BCUT2D eigenvalue weighted by Crippen LogP contribution is -2.31. The van der Waals surface area contributed by atoms with Gasteiger partial charge in [0.25, 0.3) is 11.7 Å². The molecule has 1 aliphatic rings. The molecule has 1 aliphatic heterocycles. The summed E-state index contributed by atoms with van der Waals surface area (Å²) in [5.41, 5.74) is 1.03. The summed E-state index contributed by atoms with van der Waals surface area (Å²) in [6.07, 6.45) is 0.470. The van der Waals surface area contributed by atoms with Gasteiger partial charge in [-0.3, -0.25) is 9.59 Å². The van der Waals surface area contributed by atoms with E-state index in [1.807, 2.05) is 20.8 Å². The minimum Gasteiger partial charge on any atom is -0.507 e. The van der Waals surface area contributed by atoms with Crippen molar-refractivity contribution in [3.63, 3.8) is 0 Å². The number of hydrogen-bond acceptors (Lipinski definition) is 7. The van der Waals surface area contributed by atoms with Gasteiger partial charge in [0.15, 0.2) is 11.5 Å². The number of rotatable bonds is 11. The van der Waals surface area contributed by atoms with Gasteiger partial charge < -0.3 is 29.0 Å². The third kappa shape index (κ3) is 5.77. The first-order valence-corrected chi connectivity index (χ1v) is 11.7. The number of ether oxygens (including phenoxy) is 4. The van der Waals surface area contributed by atoms with Crippen LogP contribution < -0.4 is 14.2 Å². The number of hydrogen-bond donors (Lipinski definition) is 1. The summed E-state index contributed by atoms with van der Waals surface area (Å²) in [6.45, 7) is 6.85. The van der Waals surface area contributed by atoms with E-state index in [0.717, 1.165) is 0 Å². The molecule has 3 rings (SSSR count). The van der Waals surface area contributed by atoms with E-state index in [4.69, 9.17) is 18.9 Å². The quantitative estimate of drug-likeness (QED) is 0.220. The topological polar surface area (TPSA) is 94.5 Å². The van der Waals surface area contributed by atoms with Crippen LogP contribution in [0.5, 0.6) is 17.2 Å². The highest BCUT2D eigenvalue weighted by atomic mass is 16.5. The van der Waals surface area contributed by atoms with Crippen molar-refractivity contribution in [1.29, 1.82) is 0 Å². The summed E-state index contributed by atoms with van der Waals surface area (Å²) in [5.74, 6) is -0.0998. The molecule has 1 unspecified atom stereocenters. The maximum Gasteiger partial charge on any atom is 0.295 e. The molecule has 0 aromatic heterocycles. The second kappa shape index (κ2) is 11.8. The highest BCUT2D eigenvalue weighted by Gasteiger charge is 2.46. The highest BCUT2D eigenvalue weighted by Crippen LogP contribution is 2.42. The number of methoxy groups -OCH3 is 2. The van der Waals surface area contributed by atoms with E-state index in [9.17, 15) is 14.7 Å². The van der Waals surface area contributed by atoms with Gasteiger partial charge in [0.2, 0.25) is 0 Å². The van der Waals surface area contributed by atoms with Crippen molar-refractivity contribution in [2.24, 2.45) is 0 Å². The van der Waals surface area contributed by atoms with Crippen molar-refractivity contribution in [1.82, 2.24) is 4.90 Å². The van der Waals surface area contributed by atoms with Crippen LogP contribution in [0.3, 0.4) is 0 Å². The summed E-state index contributed by atoms with van der Waals surface area (Å²) in [7, 11) is 3.11. The number of aliphatic hydroxyl groups is 1. The molecule has 2 aromatic carbocycles. The Morgan fingerprint density at radius 1 is 1.09 bits per heavy atom. The molecule has 1 saturated heterocycles. The third-order valence-electron chi connectivity index (χ3n) is 5.57. The number of nitrogens with zero attached hydrogens (tertiary/aromatic N) is 1. The van der Waals surface area contributed by atoms with E-state index in [0.29, 0.717) is 48.0 Å². The Bertz CT molecular complexity index is 1090. The van der Waals surface area contributed by atoms with Gasteiger partial charge in [-0.15, -0.1) is 0 Å². The van der Waals surface area contributed by atoms with Crippen LogP contribution in [0.15, 0.2) is 48.0 Å². The summed E-state index contributed by atoms with van der Waals surface area (Å²) in [5, 5.41) is 11.3. The number of carbonyl (C=O) groups is 2. The summed E-state index contributed by atoms with van der Waals surface area (Å²) in [6, 6.07) is 11.3. The Labute approximate surface area is 206 Å². The molecule has 188 valence electrons. The van der Waals surface area contributed by atoms with E-state index in [2.05, 4.69) is 0 Å². The first kappa shape index (κ1) is 26.1. The molecule has 0 spiro atoms. The van der Waals surface area contributed by atoms with Crippen molar-refractivity contribution < 1.29 is 33.6 Å². The highest BCUT2D eigenvalue weighted by molar-refractivity contribution is 6.46. The number of ketones is 1. The zero-order chi connectivity index (χ0) is 25.5. The summed E-state index contributed by atoms with van der Waals surface area (Å²) >= 11 is 0. The average Bonchev–Trinajstić information content (AvgIpc) is 3.09. The van der Waals surface area contributed by atoms with E-state index in [-0.39, 0.29) is 24.0 Å². The predicted octanol–water partition coefficient (Wildman–Crippen LogP) is 4.34. The molecule has 0 saturated carbocycles. The van der Waals surface area contributed by atoms with Crippen LogP contribution in [0.1, 0.15) is 44.4 Å². The maximum absolute atomic E-state index is 13.2. The molecule has 1 atom stereocenters. The number of aliphatic hydroxyl groups excluding tert-OH is 1. The lowest BCUT2D eigenvalue weighted by Gasteiger charge is -2.26. The molecule has 0 radical (unpaired) electrons. The second-order valence-corrected chi connectivity index (χ2v) is 8.38. The van der Waals surface area contributed by atoms with Crippen LogP contribution in [-0.4, -0.2) is 61.8 Å². The first-order valence-electron chi connectivity index (χ1n) is 11.7. The number of Topliss-reactive ketones (excluding diaryl/α,β-unsaturated/α-hetero) is 1. The van der Waals surface area contributed by atoms with Gasteiger partial charge in [-0.05, 0) is 57.0 Å². The average molecular weight is 484 g/mol. The molecule has 1 N–H and O–H groups in total. The van der Waals surface area contributed by atoms with Gasteiger partial charge in [-0.1, -0.05) is 18.2 Å². The lowest BCUT2D eigenvalue weighted by molar-refractivity contribution is -0.140. The molecule has 35 heavy (non-hydrogen) atoms. The van der Waals surface area contributed by atoms with Gasteiger partial charge in [0.05, 0.1) is 31.4 Å². The van der Waals surface area contributed by atoms with E-state index < -0.39 is 17.7 Å². The van der Waals surface area contributed by atoms with E-state index >= 15 is 0 Å². The van der Waals surface area contributed by atoms with Crippen LogP contribution >= 0.6 is 0 Å². The first-order chi connectivity index (χ1) is 16.8. The van der Waals surface area contributed by atoms with Crippen molar-refractivity contribution in [3.05, 3.63) is 59.2 Å². The van der Waals surface area contributed by atoms with Gasteiger partial charge in [-0.25, -0.2) is 0 Å². The molecular weight excluding hydrogens is 450 g/mol. The SMILES string of the molecule is CCOc1cccc(/C(O)=C2/C(=O)C(=O)N(CCCOC)C2c2ccc(OC(C)C)c(OC)c2)c1. The molecule has 8 nitrogen and oxygen atoms in total. The molecule has 0 bridgehead atoms. The van der Waals surface area contributed by atoms with Crippen LogP contribution in [0, 0.1) is 0 Å². The van der Waals surface area contributed by atoms with Gasteiger partial charge in [-0.2, -0.15) is 0 Å². The van der Waals surface area contributed by atoms with E-state index in [1.54, 1.807) is 49.6 Å². The minimum atomic E-state index is -0.801. The predicted molar refractivity (Wildman–Crippen MR) is 132 cm³/mol. The van der Waals surface area contributed by atoms with Crippen LogP contribution in [0.2, 0.25) is 0 Å². The monoisotopic (exact) mass is 483 g/mol. The molecule has 1 heterocycles. The van der Waals surface area contributed by atoms with Crippen LogP contribution in [0.25, 0.3) is 5.76 Å². The Morgan fingerprint density at radius 3 is 2.51 bits per heavy atom. The summed E-state index contributed by atoms with van der Waals surface area (Å²) in [4.78, 5) is 27.7. The van der Waals surface area contributed by atoms with Gasteiger partial charge >= 0.3 is 0 Å². The van der Waals surface area contributed by atoms with Crippen molar-refractivity contribution in [3.8, 4) is 17.2 Å². The minimum absolute atomic E-state index is 0.0145. The lowest BCUT2D eigenvalue weighted by atomic mass is 9.95. The fourth-order valence-corrected chi connectivity index (χ4v) is 4.10. The Kier molecular flexibility index (Phi) is 8.76. The fourth-order valence-electron chi connectivity index (χ4n) is 4.10. The Balaban J connectivity index is 2.14. The van der Waals surface area contributed by atoms with Gasteiger partial charge in [0.1, 0.15) is 11.5 Å². The molecule has 0 aliphatic carbocycles. The van der Waals surface area contributed by atoms with Crippen LogP contribution in [-0.2, 0) is 14.3 Å². The normalized spacial score (nSPS) is 17.2. The van der Waals surface area contributed by atoms with Gasteiger partial charge in [0, 0.05) is 25.8 Å². The number of benzene rings is 2. The standard InChI is InChI=1S/C27H33NO7/c1-6-34-20-10-7-9-19(15-20)25(29)23-24(28(13-8-14-32-4)27(31)26(23)30)18-11-12-21(35-17(2)3)22(16-18)33-5/h7,9-12,15-17,24,29H,6,8,13-14H2,1-5H3/b25-23-. The van der Waals surface area contributed by atoms with E-state index in [1.165, 1.54) is 12.0 Å². The zero-order valence-electron chi connectivity index (χ0n) is 20.9. The third-order valence-corrected chi connectivity index (χ3v) is 5.57. The maximum atomic E-state index is 13.2. The molecule has 8 heteroatoms. The van der Waals surface area contributed by atoms with Crippen molar-refractivity contribution in [2.45, 2.75) is 39.3 Å². The molecule has 1 fully saturated rings. The molecular formula is C27H33NO7. The number of amides is 1. The Morgan fingerprint density at radius 2 is 1.86 bits per heavy atom. The second-order valence-electron chi connectivity index (χ2n) is 8.38. The zero-order valence-corrected chi connectivity index (χ0v) is 20.9.